The summed E-state index contributed by atoms with van der Waals surface area (Å²) < 4.78 is 39.4. The molecule has 0 aliphatic carbocycles. The van der Waals surface area contributed by atoms with E-state index in [4.69, 9.17) is 5.11 Å². The summed E-state index contributed by atoms with van der Waals surface area (Å²) in [6, 6.07) is 5.49. The predicted octanol–water partition coefficient (Wildman–Crippen LogP) is 2.97. The maximum Gasteiger partial charge on any atom is 0.522 e. The number of benzene rings is 1. The topological polar surface area (TPSA) is 59.4 Å². The van der Waals surface area contributed by atoms with Crippen molar-refractivity contribution in [2.24, 2.45) is 0 Å². The van der Waals surface area contributed by atoms with Crippen LogP contribution in [0.2, 0.25) is 0 Å². The van der Waals surface area contributed by atoms with Gasteiger partial charge in [0.15, 0.2) is 0 Å². The maximum atomic E-state index is 11.9. The Hall–Kier alpha value is -2.15. The fourth-order valence-electron chi connectivity index (χ4n) is 1.64. The van der Waals surface area contributed by atoms with Crippen molar-refractivity contribution in [3.05, 3.63) is 41.6 Å². The van der Waals surface area contributed by atoms with Gasteiger partial charge in [0.05, 0.1) is 17.7 Å². The highest BCUT2D eigenvalue weighted by atomic mass is 19.4. The van der Waals surface area contributed by atoms with Crippen molar-refractivity contribution in [2.45, 2.75) is 13.0 Å². The number of rotatable bonds is 3. The molecule has 0 amide bonds. The van der Waals surface area contributed by atoms with Gasteiger partial charge in [0.1, 0.15) is 0 Å². The molecule has 100 valence electrons. The Kier molecular flexibility index (Phi) is 3.39. The number of nitrogens with zero attached hydrogens (tertiary/aromatic N) is 1. The first-order valence-electron chi connectivity index (χ1n) is 5.18. The lowest BCUT2D eigenvalue weighted by molar-refractivity contribution is -0.330. The molecular formula is C12H8F3NO3. The van der Waals surface area contributed by atoms with Crippen molar-refractivity contribution in [3.8, 4) is 0 Å². The summed E-state index contributed by atoms with van der Waals surface area (Å²) in [5.74, 6) is -1.12. The summed E-state index contributed by atoms with van der Waals surface area (Å²) in [5, 5.41) is 9.33. The minimum atomic E-state index is -4.70. The molecule has 0 bridgehead atoms. The lowest BCUT2D eigenvalue weighted by Crippen LogP contribution is -2.12. The molecule has 19 heavy (non-hydrogen) atoms. The summed E-state index contributed by atoms with van der Waals surface area (Å²) in [7, 11) is 0. The lowest BCUT2D eigenvalue weighted by Gasteiger charge is -2.08. The van der Waals surface area contributed by atoms with E-state index < -0.39 is 18.9 Å². The molecule has 0 aliphatic heterocycles. The average Bonchev–Trinajstić information content (AvgIpc) is 2.34. The Morgan fingerprint density at radius 2 is 2.05 bits per heavy atom. The molecule has 0 saturated carbocycles. The third kappa shape index (κ3) is 3.19. The SMILES string of the molecule is O=C(O)c1ccnc2cc(COC(F)(F)F)ccc12. The van der Waals surface area contributed by atoms with Gasteiger partial charge < -0.3 is 5.11 Å². The van der Waals surface area contributed by atoms with Gasteiger partial charge >= 0.3 is 12.3 Å². The number of hydrogen-bond acceptors (Lipinski definition) is 3. The molecule has 1 aromatic heterocycles. The highest BCUT2D eigenvalue weighted by Crippen LogP contribution is 2.22. The first kappa shape index (κ1) is 13.3. The van der Waals surface area contributed by atoms with Crippen molar-refractivity contribution in [1.29, 1.82) is 0 Å². The van der Waals surface area contributed by atoms with Gasteiger partial charge in [-0.3, -0.25) is 9.72 Å². The van der Waals surface area contributed by atoms with Crippen LogP contribution in [-0.4, -0.2) is 22.4 Å². The monoisotopic (exact) mass is 271 g/mol. The van der Waals surface area contributed by atoms with Gasteiger partial charge in [-0.05, 0) is 17.7 Å². The van der Waals surface area contributed by atoms with Crippen LogP contribution in [0.3, 0.4) is 0 Å². The maximum absolute atomic E-state index is 11.9. The van der Waals surface area contributed by atoms with E-state index in [2.05, 4.69) is 9.72 Å². The summed E-state index contributed by atoms with van der Waals surface area (Å²) in [4.78, 5) is 14.9. The molecule has 1 heterocycles. The first-order chi connectivity index (χ1) is 8.87. The van der Waals surface area contributed by atoms with Gasteiger partial charge in [-0.2, -0.15) is 0 Å². The van der Waals surface area contributed by atoms with Gasteiger partial charge in [0.25, 0.3) is 0 Å². The van der Waals surface area contributed by atoms with Crippen LogP contribution in [0.1, 0.15) is 15.9 Å². The second-order valence-electron chi connectivity index (χ2n) is 3.75. The summed E-state index contributed by atoms with van der Waals surface area (Å²) in [6.07, 6.45) is -3.41. The fraction of sp³-hybridized carbons (Fsp3) is 0.167. The minimum absolute atomic E-state index is 0.0493. The van der Waals surface area contributed by atoms with E-state index in [0.717, 1.165) is 0 Å². The Balaban J connectivity index is 2.34. The number of fused-ring (bicyclic) bond motifs is 1. The number of ether oxygens (including phenoxy) is 1. The Bertz CT molecular complexity index is 625. The third-order valence-electron chi connectivity index (χ3n) is 2.44. The number of carboxylic acids is 1. The van der Waals surface area contributed by atoms with Crippen LogP contribution in [0, 0.1) is 0 Å². The molecule has 0 aliphatic rings. The van der Waals surface area contributed by atoms with Crippen molar-refractivity contribution in [3.63, 3.8) is 0 Å². The largest absolute Gasteiger partial charge is 0.522 e. The van der Waals surface area contributed by atoms with Crippen LogP contribution in [0.4, 0.5) is 13.2 Å². The molecule has 0 fully saturated rings. The van der Waals surface area contributed by atoms with Crippen LogP contribution in [0.25, 0.3) is 10.9 Å². The molecule has 1 aromatic carbocycles. The predicted molar refractivity (Wildman–Crippen MR) is 59.5 cm³/mol. The summed E-state index contributed by atoms with van der Waals surface area (Å²) in [5.41, 5.74) is 0.622. The van der Waals surface area contributed by atoms with Crippen LogP contribution in [0.15, 0.2) is 30.5 Å². The van der Waals surface area contributed by atoms with Gasteiger partial charge in [-0.1, -0.05) is 12.1 Å². The number of carboxylic acid groups (broad SMARTS) is 1. The second kappa shape index (κ2) is 4.85. The molecule has 0 atom stereocenters. The van der Waals surface area contributed by atoms with Gasteiger partial charge in [-0.15, -0.1) is 13.2 Å². The van der Waals surface area contributed by atoms with E-state index in [0.29, 0.717) is 10.9 Å². The number of alkyl halides is 3. The standard InChI is InChI=1S/C12H8F3NO3/c13-12(14,15)19-6-7-1-2-8-9(11(17)18)3-4-16-10(8)5-7/h1-5H,6H2,(H,17,18). The van der Waals surface area contributed by atoms with E-state index in [1.165, 1.54) is 30.5 Å². The molecule has 7 heteroatoms. The normalized spacial score (nSPS) is 11.7. The van der Waals surface area contributed by atoms with Gasteiger partial charge in [-0.25, -0.2) is 4.79 Å². The number of hydrogen-bond donors (Lipinski definition) is 1. The van der Waals surface area contributed by atoms with Crippen LogP contribution >= 0.6 is 0 Å². The summed E-state index contributed by atoms with van der Waals surface area (Å²) >= 11 is 0. The molecular weight excluding hydrogens is 263 g/mol. The zero-order chi connectivity index (χ0) is 14.0. The van der Waals surface area contributed by atoms with E-state index in [1.54, 1.807) is 0 Å². The molecule has 0 saturated heterocycles. The zero-order valence-corrected chi connectivity index (χ0v) is 9.44. The smallest absolute Gasteiger partial charge is 0.478 e. The first-order valence-corrected chi connectivity index (χ1v) is 5.18. The van der Waals surface area contributed by atoms with E-state index in [-0.39, 0.29) is 11.1 Å². The van der Waals surface area contributed by atoms with E-state index >= 15 is 0 Å². The van der Waals surface area contributed by atoms with E-state index in [1.807, 2.05) is 0 Å². The molecule has 2 aromatic rings. The lowest BCUT2D eigenvalue weighted by atomic mass is 10.1. The zero-order valence-electron chi connectivity index (χ0n) is 9.44. The summed E-state index contributed by atoms with van der Waals surface area (Å²) in [6.45, 7) is -0.640. The molecule has 4 nitrogen and oxygen atoms in total. The highest BCUT2D eigenvalue weighted by molar-refractivity contribution is 6.02. The Labute approximate surface area is 105 Å². The number of halogens is 3. The van der Waals surface area contributed by atoms with Gasteiger partial charge in [0.2, 0.25) is 0 Å². The average molecular weight is 271 g/mol. The Morgan fingerprint density at radius 1 is 1.32 bits per heavy atom. The van der Waals surface area contributed by atoms with Crippen molar-refractivity contribution >= 4 is 16.9 Å². The second-order valence-corrected chi connectivity index (χ2v) is 3.75. The molecule has 1 N–H and O–H groups in total. The van der Waals surface area contributed by atoms with Crippen molar-refractivity contribution < 1.29 is 27.8 Å². The fourth-order valence-corrected chi connectivity index (χ4v) is 1.64. The molecule has 0 unspecified atom stereocenters. The quantitative estimate of drug-likeness (QED) is 0.932. The molecule has 2 rings (SSSR count). The van der Waals surface area contributed by atoms with E-state index in [9.17, 15) is 18.0 Å². The van der Waals surface area contributed by atoms with Crippen molar-refractivity contribution in [2.75, 3.05) is 0 Å². The van der Waals surface area contributed by atoms with Gasteiger partial charge in [0, 0.05) is 11.6 Å². The number of carbonyl (C=O) groups is 1. The Morgan fingerprint density at radius 3 is 2.68 bits per heavy atom. The molecule has 0 radical (unpaired) electrons. The number of aromatic carboxylic acids is 1. The van der Waals surface area contributed by atoms with Crippen LogP contribution in [-0.2, 0) is 11.3 Å². The van der Waals surface area contributed by atoms with Crippen LogP contribution in [0.5, 0.6) is 0 Å². The number of aromatic nitrogens is 1. The van der Waals surface area contributed by atoms with Crippen molar-refractivity contribution in [1.82, 2.24) is 4.98 Å². The van der Waals surface area contributed by atoms with Crippen LogP contribution < -0.4 is 0 Å². The highest BCUT2D eigenvalue weighted by Gasteiger charge is 2.28. The minimum Gasteiger partial charge on any atom is -0.478 e. The number of pyridine rings is 1. The third-order valence-corrected chi connectivity index (χ3v) is 2.44. The molecule has 0 spiro atoms.